The summed E-state index contributed by atoms with van der Waals surface area (Å²) in [7, 11) is 1.51. The van der Waals surface area contributed by atoms with E-state index in [0.717, 1.165) is 0 Å². The number of hydrogen-bond acceptors (Lipinski definition) is 8. The Morgan fingerprint density at radius 2 is 1.96 bits per heavy atom. The summed E-state index contributed by atoms with van der Waals surface area (Å²) in [6.07, 6.45) is 0. The summed E-state index contributed by atoms with van der Waals surface area (Å²) >= 11 is 0. The molecule has 1 aliphatic heterocycles. The molecule has 8 nitrogen and oxygen atoms in total. The number of benzene rings is 2. The zero-order valence-corrected chi connectivity index (χ0v) is 14.1. The van der Waals surface area contributed by atoms with Crippen molar-refractivity contribution in [1.29, 1.82) is 0 Å². The number of methoxy groups -OCH3 is 1. The molecule has 1 aliphatic rings. The van der Waals surface area contributed by atoms with E-state index < -0.39 is 5.63 Å². The predicted molar refractivity (Wildman–Crippen MR) is 93.9 cm³/mol. The van der Waals surface area contributed by atoms with Gasteiger partial charge in [0.05, 0.1) is 7.11 Å². The Morgan fingerprint density at radius 3 is 2.85 bits per heavy atom. The molecule has 8 heteroatoms. The van der Waals surface area contributed by atoms with Gasteiger partial charge >= 0.3 is 5.63 Å². The number of fused-ring (bicyclic) bond motifs is 2. The third kappa shape index (κ3) is 2.50. The van der Waals surface area contributed by atoms with Crippen LogP contribution in [0.25, 0.3) is 33.8 Å². The van der Waals surface area contributed by atoms with Crippen LogP contribution in [0, 0.1) is 0 Å². The molecule has 0 N–H and O–H groups in total. The summed E-state index contributed by atoms with van der Waals surface area (Å²) in [6.45, 7) is 0.178. The van der Waals surface area contributed by atoms with Crippen LogP contribution in [0.4, 0.5) is 0 Å². The lowest BCUT2D eigenvalue weighted by molar-refractivity contribution is 0.174. The molecular formula is C19H12N2O6. The van der Waals surface area contributed by atoms with E-state index in [1.54, 1.807) is 42.5 Å². The van der Waals surface area contributed by atoms with Crippen molar-refractivity contribution in [2.24, 2.45) is 0 Å². The molecule has 0 bridgehead atoms. The van der Waals surface area contributed by atoms with Gasteiger partial charge in [-0.25, -0.2) is 4.79 Å². The lowest BCUT2D eigenvalue weighted by Gasteiger charge is -2.03. The van der Waals surface area contributed by atoms with E-state index in [4.69, 9.17) is 23.2 Å². The third-order valence-corrected chi connectivity index (χ3v) is 4.23. The van der Waals surface area contributed by atoms with Crippen molar-refractivity contribution >= 4 is 11.0 Å². The molecule has 2 aromatic carbocycles. The van der Waals surface area contributed by atoms with Crippen LogP contribution in [0.5, 0.6) is 17.2 Å². The molecule has 3 heterocycles. The first-order valence-corrected chi connectivity index (χ1v) is 8.08. The van der Waals surface area contributed by atoms with Crippen LogP contribution in [-0.2, 0) is 0 Å². The summed E-state index contributed by atoms with van der Waals surface area (Å²) in [4.78, 5) is 16.7. The van der Waals surface area contributed by atoms with E-state index in [1.165, 1.54) is 7.11 Å². The normalized spacial score (nSPS) is 12.5. The van der Waals surface area contributed by atoms with Gasteiger partial charge in [-0.2, -0.15) is 4.98 Å². The van der Waals surface area contributed by atoms with E-state index >= 15 is 0 Å². The fourth-order valence-corrected chi connectivity index (χ4v) is 2.91. The highest BCUT2D eigenvalue weighted by atomic mass is 16.7. The van der Waals surface area contributed by atoms with Crippen molar-refractivity contribution in [3.05, 3.63) is 52.9 Å². The van der Waals surface area contributed by atoms with Crippen molar-refractivity contribution < 1.29 is 23.2 Å². The fourth-order valence-electron chi connectivity index (χ4n) is 2.91. The highest BCUT2D eigenvalue weighted by Crippen LogP contribution is 2.35. The molecule has 0 aliphatic carbocycles. The Labute approximate surface area is 151 Å². The molecule has 0 fully saturated rings. The minimum atomic E-state index is -0.590. The first-order valence-electron chi connectivity index (χ1n) is 8.08. The van der Waals surface area contributed by atoms with Crippen LogP contribution in [0.15, 0.2) is 56.2 Å². The first-order chi connectivity index (χ1) is 13.2. The van der Waals surface area contributed by atoms with E-state index in [-0.39, 0.29) is 18.2 Å². The van der Waals surface area contributed by atoms with Gasteiger partial charge in [-0.15, -0.1) is 0 Å². The molecule has 27 heavy (non-hydrogen) atoms. The van der Waals surface area contributed by atoms with E-state index in [9.17, 15) is 4.79 Å². The molecule has 2 aromatic heterocycles. The molecule has 0 amide bonds. The Kier molecular flexibility index (Phi) is 3.36. The number of nitrogens with zero attached hydrogens (tertiary/aromatic N) is 2. The van der Waals surface area contributed by atoms with Crippen molar-refractivity contribution in [1.82, 2.24) is 10.1 Å². The highest BCUT2D eigenvalue weighted by Gasteiger charge is 2.19. The maximum Gasteiger partial charge on any atom is 0.349 e. The molecule has 5 rings (SSSR count). The van der Waals surface area contributed by atoms with Crippen LogP contribution in [0.3, 0.4) is 0 Å². The largest absolute Gasteiger partial charge is 0.493 e. The predicted octanol–water partition coefficient (Wildman–Crippen LogP) is 3.25. The second kappa shape index (κ2) is 5.87. The van der Waals surface area contributed by atoms with Crippen LogP contribution < -0.4 is 19.8 Å². The van der Waals surface area contributed by atoms with Crippen LogP contribution >= 0.6 is 0 Å². The standard InChI is InChI=1S/C19H12N2O6/c1-23-14-4-2-3-10-7-12(19(22)26-16(10)14)18-20-17(21-27-18)11-5-6-13-15(8-11)25-9-24-13/h2-8H,9H2,1H3. The average Bonchev–Trinajstić information content (AvgIpc) is 3.35. The Hall–Kier alpha value is -3.81. The van der Waals surface area contributed by atoms with Crippen LogP contribution in [-0.4, -0.2) is 24.0 Å². The number of aromatic nitrogens is 2. The van der Waals surface area contributed by atoms with Crippen molar-refractivity contribution in [3.8, 4) is 40.1 Å². The molecule has 0 radical (unpaired) electrons. The lowest BCUT2D eigenvalue weighted by atomic mass is 10.1. The van der Waals surface area contributed by atoms with Gasteiger partial charge < -0.3 is 23.2 Å². The molecule has 0 atom stereocenters. The summed E-state index contributed by atoms with van der Waals surface area (Å²) in [5.74, 6) is 2.14. The van der Waals surface area contributed by atoms with Crippen LogP contribution in [0.1, 0.15) is 0 Å². The molecule has 4 aromatic rings. The van der Waals surface area contributed by atoms with Gasteiger partial charge in [0.2, 0.25) is 12.6 Å². The molecule has 0 saturated carbocycles. The lowest BCUT2D eigenvalue weighted by Crippen LogP contribution is -2.03. The summed E-state index contributed by atoms with van der Waals surface area (Å²) in [6, 6.07) is 12.3. The van der Waals surface area contributed by atoms with Gasteiger partial charge in [-0.05, 0) is 30.3 Å². The Bertz CT molecular complexity index is 1230. The quantitative estimate of drug-likeness (QED) is 0.511. The maximum absolute atomic E-state index is 12.4. The zero-order chi connectivity index (χ0) is 18.4. The van der Waals surface area contributed by atoms with Crippen LogP contribution in [0.2, 0.25) is 0 Å². The highest BCUT2D eigenvalue weighted by molar-refractivity contribution is 5.85. The monoisotopic (exact) mass is 364 g/mol. The fraction of sp³-hybridized carbons (Fsp3) is 0.105. The van der Waals surface area contributed by atoms with Gasteiger partial charge in [-0.1, -0.05) is 17.3 Å². The topological polar surface area (TPSA) is 96.8 Å². The van der Waals surface area contributed by atoms with Crippen molar-refractivity contribution in [3.63, 3.8) is 0 Å². The number of rotatable bonds is 3. The summed E-state index contributed by atoms with van der Waals surface area (Å²) in [5.41, 5.74) is 0.633. The maximum atomic E-state index is 12.4. The van der Waals surface area contributed by atoms with E-state index in [1.807, 2.05) is 0 Å². The minimum Gasteiger partial charge on any atom is -0.493 e. The van der Waals surface area contributed by atoms with Gasteiger partial charge in [0.15, 0.2) is 22.8 Å². The van der Waals surface area contributed by atoms with Gasteiger partial charge in [0, 0.05) is 10.9 Å². The Balaban J connectivity index is 1.58. The van der Waals surface area contributed by atoms with Gasteiger partial charge in [0.25, 0.3) is 5.89 Å². The van der Waals surface area contributed by atoms with Crippen molar-refractivity contribution in [2.75, 3.05) is 13.9 Å². The Morgan fingerprint density at radius 1 is 1.07 bits per heavy atom. The molecule has 134 valence electrons. The SMILES string of the molecule is COc1cccc2cc(-c3nc(-c4ccc5c(c4)OCO5)no3)c(=O)oc12. The average molecular weight is 364 g/mol. The number of hydrogen-bond donors (Lipinski definition) is 0. The molecule has 0 unspecified atom stereocenters. The summed E-state index contributed by atoms with van der Waals surface area (Å²) in [5, 5.41) is 4.64. The van der Waals surface area contributed by atoms with E-state index in [0.29, 0.717) is 39.6 Å². The molecule has 0 saturated heterocycles. The zero-order valence-electron chi connectivity index (χ0n) is 14.1. The van der Waals surface area contributed by atoms with Gasteiger partial charge in [0.1, 0.15) is 5.56 Å². The first kappa shape index (κ1) is 15.4. The smallest absolute Gasteiger partial charge is 0.349 e. The number of ether oxygens (including phenoxy) is 3. The van der Waals surface area contributed by atoms with Crippen molar-refractivity contribution in [2.45, 2.75) is 0 Å². The molecule has 0 spiro atoms. The second-order valence-electron chi connectivity index (χ2n) is 5.82. The third-order valence-electron chi connectivity index (χ3n) is 4.23. The summed E-state index contributed by atoms with van der Waals surface area (Å²) < 4.78 is 26.6. The second-order valence-corrected chi connectivity index (χ2v) is 5.82. The number of para-hydroxylation sites is 1. The minimum absolute atomic E-state index is 0.0705. The van der Waals surface area contributed by atoms with E-state index in [2.05, 4.69) is 10.1 Å². The molecular weight excluding hydrogens is 352 g/mol. The van der Waals surface area contributed by atoms with Gasteiger partial charge in [-0.3, -0.25) is 0 Å².